The first-order valence-electron chi connectivity index (χ1n) is 10.9. The Bertz CT molecular complexity index is 1180. The fourth-order valence-electron chi connectivity index (χ4n) is 3.87. The highest BCUT2D eigenvalue weighted by Crippen LogP contribution is 2.34. The minimum atomic E-state index is -0.753. The predicted molar refractivity (Wildman–Crippen MR) is 129 cm³/mol. The number of para-hydroxylation sites is 1. The highest BCUT2D eigenvalue weighted by molar-refractivity contribution is 5.77. The second kappa shape index (κ2) is 10.5. The molecular weight excluding hydrogens is 396 g/mol. The van der Waals surface area contributed by atoms with Crippen LogP contribution in [0.15, 0.2) is 103 Å². The molecule has 4 aromatic rings. The zero-order chi connectivity index (χ0) is 22.2. The van der Waals surface area contributed by atoms with Crippen molar-refractivity contribution >= 4 is 5.97 Å². The van der Waals surface area contributed by atoms with Gasteiger partial charge in [-0.05, 0) is 52.8 Å². The molecule has 4 rings (SSSR count). The summed E-state index contributed by atoms with van der Waals surface area (Å²) < 4.78 is 6.17. The molecule has 160 valence electrons. The first-order chi connectivity index (χ1) is 15.7. The number of ether oxygens (including phenoxy) is 1. The SMILES string of the molecule is O=C(O)CCCc1ccccc1-c1cccc(-c2ccccc2OCc2ccccc2)c1. The second-order valence-electron chi connectivity index (χ2n) is 7.76. The van der Waals surface area contributed by atoms with E-state index in [1.807, 2.05) is 48.5 Å². The Balaban J connectivity index is 1.60. The van der Waals surface area contributed by atoms with Gasteiger partial charge in [0.05, 0.1) is 0 Å². The molecule has 0 unspecified atom stereocenters. The molecule has 32 heavy (non-hydrogen) atoms. The smallest absolute Gasteiger partial charge is 0.303 e. The molecule has 0 heterocycles. The summed E-state index contributed by atoms with van der Waals surface area (Å²) in [5, 5.41) is 8.97. The molecule has 3 heteroatoms. The average Bonchev–Trinajstić information content (AvgIpc) is 2.84. The summed E-state index contributed by atoms with van der Waals surface area (Å²) in [6.07, 6.45) is 1.55. The zero-order valence-corrected chi connectivity index (χ0v) is 17.9. The summed E-state index contributed by atoms with van der Waals surface area (Å²) in [7, 11) is 0. The van der Waals surface area contributed by atoms with Crippen LogP contribution in [0.3, 0.4) is 0 Å². The molecule has 0 fully saturated rings. The van der Waals surface area contributed by atoms with Crippen LogP contribution in [0.2, 0.25) is 0 Å². The molecule has 0 saturated carbocycles. The van der Waals surface area contributed by atoms with Gasteiger partial charge in [0.15, 0.2) is 0 Å². The molecule has 3 nitrogen and oxygen atoms in total. The molecule has 0 radical (unpaired) electrons. The van der Waals surface area contributed by atoms with Crippen LogP contribution in [0.1, 0.15) is 24.0 Å². The molecule has 1 N–H and O–H groups in total. The highest BCUT2D eigenvalue weighted by Gasteiger charge is 2.10. The van der Waals surface area contributed by atoms with Crippen molar-refractivity contribution in [3.05, 3.63) is 114 Å². The molecule has 0 aliphatic rings. The minimum absolute atomic E-state index is 0.181. The Kier molecular flexibility index (Phi) is 6.98. The highest BCUT2D eigenvalue weighted by atomic mass is 16.5. The van der Waals surface area contributed by atoms with Crippen LogP contribution in [0.5, 0.6) is 5.75 Å². The monoisotopic (exact) mass is 422 g/mol. The van der Waals surface area contributed by atoms with Crippen LogP contribution in [0.25, 0.3) is 22.3 Å². The van der Waals surface area contributed by atoms with Crippen molar-refractivity contribution in [1.82, 2.24) is 0 Å². The molecule has 0 saturated heterocycles. The van der Waals surface area contributed by atoms with Gasteiger partial charge in [-0.2, -0.15) is 0 Å². The van der Waals surface area contributed by atoms with Crippen molar-refractivity contribution in [3.8, 4) is 28.0 Å². The molecule has 4 aromatic carbocycles. The number of hydrogen-bond acceptors (Lipinski definition) is 2. The average molecular weight is 423 g/mol. The standard InChI is InChI=1S/C29H26O3/c30-29(31)19-9-13-23-12-4-5-16-26(23)24-14-8-15-25(20-24)27-17-6-7-18-28(27)32-21-22-10-2-1-3-11-22/h1-8,10-12,14-18,20H,9,13,19,21H2,(H,30,31). The number of carbonyl (C=O) groups is 1. The van der Waals surface area contributed by atoms with Crippen LogP contribution in [-0.2, 0) is 17.8 Å². The molecule has 0 aliphatic heterocycles. The van der Waals surface area contributed by atoms with Crippen LogP contribution in [0, 0.1) is 0 Å². The Morgan fingerprint density at radius 3 is 2.16 bits per heavy atom. The number of carboxylic acids is 1. The number of aliphatic carboxylic acids is 1. The number of hydrogen-bond donors (Lipinski definition) is 1. The Morgan fingerprint density at radius 1 is 0.719 bits per heavy atom. The molecule has 0 aromatic heterocycles. The van der Waals surface area contributed by atoms with Gasteiger partial charge < -0.3 is 9.84 Å². The lowest BCUT2D eigenvalue weighted by atomic mass is 9.93. The topological polar surface area (TPSA) is 46.5 Å². The summed E-state index contributed by atoms with van der Waals surface area (Å²) in [6.45, 7) is 0.518. The van der Waals surface area contributed by atoms with E-state index in [0.717, 1.165) is 40.0 Å². The van der Waals surface area contributed by atoms with Gasteiger partial charge in [0.1, 0.15) is 12.4 Å². The van der Waals surface area contributed by atoms with Gasteiger partial charge >= 0.3 is 5.97 Å². The largest absolute Gasteiger partial charge is 0.488 e. The van der Waals surface area contributed by atoms with E-state index in [1.165, 1.54) is 5.56 Å². The fraction of sp³-hybridized carbons (Fsp3) is 0.138. The van der Waals surface area contributed by atoms with E-state index in [-0.39, 0.29) is 6.42 Å². The van der Waals surface area contributed by atoms with Crippen LogP contribution in [-0.4, -0.2) is 11.1 Å². The summed E-state index contributed by atoms with van der Waals surface area (Å²) >= 11 is 0. The molecule has 0 amide bonds. The quantitative estimate of drug-likeness (QED) is 0.316. The fourth-order valence-corrected chi connectivity index (χ4v) is 3.87. The van der Waals surface area contributed by atoms with Crippen LogP contribution < -0.4 is 4.74 Å². The van der Waals surface area contributed by atoms with Crippen molar-refractivity contribution < 1.29 is 14.6 Å². The maximum Gasteiger partial charge on any atom is 0.303 e. The Labute approximate surface area is 188 Å². The van der Waals surface area contributed by atoms with E-state index in [9.17, 15) is 4.79 Å². The van der Waals surface area contributed by atoms with Gasteiger partial charge in [0, 0.05) is 12.0 Å². The van der Waals surface area contributed by atoms with Gasteiger partial charge in [-0.1, -0.05) is 91.0 Å². The number of carboxylic acid groups (broad SMARTS) is 1. The van der Waals surface area contributed by atoms with E-state index in [1.54, 1.807) is 0 Å². The van der Waals surface area contributed by atoms with Crippen LogP contribution >= 0.6 is 0 Å². The first kappa shape index (κ1) is 21.4. The third-order valence-corrected chi connectivity index (χ3v) is 5.46. The van der Waals surface area contributed by atoms with E-state index in [4.69, 9.17) is 9.84 Å². The number of rotatable bonds is 9. The molecule has 0 bridgehead atoms. The number of benzene rings is 4. The Morgan fingerprint density at radius 2 is 1.38 bits per heavy atom. The second-order valence-corrected chi connectivity index (χ2v) is 7.76. The van der Waals surface area contributed by atoms with Gasteiger partial charge in [0.2, 0.25) is 0 Å². The van der Waals surface area contributed by atoms with E-state index in [0.29, 0.717) is 13.0 Å². The zero-order valence-electron chi connectivity index (χ0n) is 17.9. The van der Waals surface area contributed by atoms with Crippen molar-refractivity contribution in [3.63, 3.8) is 0 Å². The van der Waals surface area contributed by atoms with Gasteiger partial charge in [-0.15, -0.1) is 0 Å². The minimum Gasteiger partial charge on any atom is -0.488 e. The third kappa shape index (κ3) is 5.44. The normalized spacial score (nSPS) is 10.6. The summed E-state index contributed by atoms with van der Waals surface area (Å²) in [4.78, 5) is 10.9. The van der Waals surface area contributed by atoms with Gasteiger partial charge in [0.25, 0.3) is 0 Å². The summed E-state index contributed by atoms with van der Waals surface area (Å²) in [6, 6.07) is 34.9. The maximum atomic E-state index is 10.9. The van der Waals surface area contributed by atoms with Crippen molar-refractivity contribution in [2.24, 2.45) is 0 Å². The van der Waals surface area contributed by atoms with Gasteiger partial charge in [-0.3, -0.25) is 4.79 Å². The molecular formula is C29H26O3. The lowest BCUT2D eigenvalue weighted by Crippen LogP contribution is -1.98. The van der Waals surface area contributed by atoms with E-state index >= 15 is 0 Å². The number of aryl methyl sites for hydroxylation is 1. The van der Waals surface area contributed by atoms with Crippen molar-refractivity contribution in [1.29, 1.82) is 0 Å². The van der Waals surface area contributed by atoms with Crippen molar-refractivity contribution in [2.45, 2.75) is 25.9 Å². The third-order valence-electron chi connectivity index (χ3n) is 5.46. The summed E-state index contributed by atoms with van der Waals surface area (Å²) in [5.41, 5.74) is 6.69. The summed E-state index contributed by atoms with van der Waals surface area (Å²) in [5.74, 6) is 0.0971. The van der Waals surface area contributed by atoms with E-state index in [2.05, 4.69) is 54.6 Å². The molecule has 0 spiro atoms. The first-order valence-corrected chi connectivity index (χ1v) is 10.9. The predicted octanol–water partition coefficient (Wildman–Crippen LogP) is 7.01. The van der Waals surface area contributed by atoms with Crippen molar-refractivity contribution in [2.75, 3.05) is 0 Å². The Hall–Kier alpha value is -3.85. The lowest BCUT2D eigenvalue weighted by molar-refractivity contribution is -0.137. The van der Waals surface area contributed by atoms with E-state index < -0.39 is 5.97 Å². The van der Waals surface area contributed by atoms with Gasteiger partial charge in [-0.25, -0.2) is 0 Å². The maximum absolute atomic E-state index is 10.9. The van der Waals surface area contributed by atoms with Crippen LogP contribution in [0.4, 0.5) is 0 Å². The molecule has 0 aliphatic carbocycles. The molecule has 0 atom stereocenters. The lowest BCUT2D eigenvalue weighted by Gasteiger charge is -2.14.